The summed E-state index contributed by atoms with van der Waals surface area (Å²) < 4.78 is 0.294. The molecule has 0 saturated heterocycles. The number of quaternary nitrogens is 1. The molecule has 0 fully saturated rings. The zero-order valence-electron chi connectivity index (χ0n) is 20.1. The highest BCUT2D eigenvalue weighted by Gasteiger charge is 2.39. The normalized spacial score (nSPS) is 14.2. The predicted molar refractivity (Wildman–Crippen MR) is 122 cm³/mol. The van der Waals surface area contributed by atoms with Gasteiger partial charge in [-0.2, -0.15) is 0 Å². The van der Waals surface area contributed by atoms with Crippen molar-refractivity contribution in [3.63, 3.8) is 0 Å². The van der Waals surface area contributed by atoms with E-state index in [-0.39, 0.29) is 6.54 Å². The number of carbonyl (C=O) groups excluding carboxylic acids is 2. The highest BCUT2D eigenvalue weighted by molar-refractivity contribution is 5.99. The molecule has 0 aliphatic heterocycles. The lowest BCUT2D eigenvalue weighted by molar-refractivity contribution is -0.875. The van der Waals surface area contributed by atoms with Gasteiger partial charge in [0.05, 0.1) is 21.1 Å². The summed E-state index contributed by atoms with van der Waals surface area (Å²) in [4.78, 5) is 23.3. The topological polar surface area (TPSA) is 77.4 Å². The Morgan fingerprint density at radius 1 is 0.833 bits per heavy atom. The number of hydrogen-bond acceptors (Lipinski definition) is 4. The molecule has 0 aromatic heterocycles. The van der Waals surface area contributed by atoms with Crippen molar-refractivity contribution in [2.45, 2.75) is 109 Å². The molecule has 0 radical (unpaired) electrons. The van der Waals surface area contributed by atoms with Crippen molar-refractivity contribution in [3.05, 3.63) is 12.2 Å². The zero-order valence-corrected chi connectivity index (χ0v) is 20.1. The van der Waals surface area contributed by atoms with Gasteiger partial charge in [0, 0.05) is 12.4 Å². The molecule has 1 unspecified atom stereocenters. The minimum Gasteiger partial charge on any atom is -0.550 e. The van der Waals surface area contributed by atoms with Gasteiger partial charge < -0.3 is 19.5 Å². The SMILES string of the molecule is CCCCCCCCCCCCCCCC=CC(=O)C(O)(CC(=O)[O-])C[N+](C)(C)C. The number of aliphatic carboxylic acids is 1. The molecule has 0 amide bonds. The van der Waals surface area contributed by atoms with Crippen LogP contribution < -0.4 is 5.11 Å². The van der Waals surface area contributed by atoms with Gasteiger partial charge in [-0.05, 0) is 18.9 Å². The number of carbonyl (C=O) groups is 2. The second-order valence-electron chi connectivity index (χ2n) is 9.83. The van der Waals surface area contributed by atoms with Gasteiger partial charge in [0.25, 0.3) is 0 Å². The fourth-order valence-corrected chi connectivity index (χ4v) is 3.87. The molecular formula is C25H47NO4. The van der Waals surface area contributed by atoms with E-state index in [4.69, 9.17) is 0 Å². The summed E-state index contributed by atoms with van der Waals surface area (Å²) in [5.41, 5.74) is -1.91. The summed E-state index contributed by atoms with van der Waals surface area (Å²) in [5.74, 6) is -1.96. The molecule has 5 heteroatoms. The van der Waals surface area contributed by atoms with Crippen LogP contribution in [0.25, 0.3) is 0 Å². The van der Waals surface area contributed by atoms with Crippen LogP contribution in [0.2, 0.25) is 0 Å². The number of likely N-dealkylation sites (N-methyl/N-ethyl adjacent to an activating group) is 1. The Bertz CT molecular complexity index is 496. The summed E-state index contributed by atoms with van der Waals surface area (Å²) in [6, 6.07) is 0. The number of hydrogen-bond donors (Lipinski definition) is 1. The van der Waals surface area contributed by atoms with Crippen molar-refractivity contribution in [2.24, 2.45) is 0 Å². The average Bonchev–Trinajstić information content (AvgIpc) is 2.62. The van der Waals surface area contributed by atoms with Gasteiger partial charge in [-0.3, -0.25) is 4.79 Å². The van der Waals surface area contributed by atoms with Crippen LogP contribution in [0.1, 0.15) is 103 Å². The van der Waals surface area contributed by atoms with Gasteiger partial charge in [0.1, 0.15) is 6.54 Å². The largest absolute Gasteiger partial charge is 0.550 e. The molecule has 1 atom stereocenters. The molecule has 0 aliphatic carbocycles. The van der Waals surface area contributed by atoms with Crippen molar-refractivity contribution < 1.29 is 24.3 Å². The van der Waals surface area contributed by atoms with Crippen molar-refractivity contribution in [3.8, 4) is 0 Å². The minimum absolute atomic E-state index is 0.0306. The van der Waals surface area contributed by atoms with Gasteiger partial charge in [-0.1, -0.05) is 90.0 Å². The van der Waals surface area contributed by atoms with Crippen molar-refractivity contribution in [2.75, 3.05) is 27.7 Å². The molecule has 0 bridgehead atoms. The van der Waals surface area contributed by atoms with Gasteiger partial charge in [-0.15, -0.1) is 0 Å². The second kappa shape index (κ2) is 16.5. The van der Waals surface area contributed by atoms with Gasteiger partial charge in [0.15, 0.2) is 11.4 Å². The summed E-state index contributed by atoms with van der Waals surface area (Å²) in [7, 11) is 5.43. The Labute approximate surface area is 185 Å². The molecule has 1 N–H and O–H groups in total. The molecule has 0 saturated carbocycles. The molecule has 0 heterocycles. The van der Waals surface area contributed by atoms with Gasteiger partial charge in [0.2, 0.25) is 0 Å². The van der Waals surface area contributed by atoms with Gasteiger partial charge >= 0.3 is 0 Å². The van der Waals surface area contributed by atoms with E-state index in [1.807, 2.05) is 21.1 Å². The number of carboxylic acid groups (broad SMARTS) is 1. The monoisotopic (exact) mass is 425 g/mol. The fraction of sp³-hybridized carbons (Fsp3) is 0.840. The minimum atomic E-state index is -1.91. The highest BCUT2D eigenvalue weighted by atomic mass is 16.4. The maximum absolute atomic E-state index is 12.4. The number of rotatable bonds is 20. The Morgan fingerprint density at radius 3 is 1.67 bits per heavy atom. The molecule has 0 aromatic rings. The van der Waals surface area contributed by atoms with Crippen LogP contribution in [-0.4, -0.2) is 54.6 Å². The molecule has 5 nitrogen and oxygen atoms in total. The molecule has 0 aliphatic rings. The number of nitrogens with zero attached hydrogens (tertiary/aromatic N) is 1. The predicted octanol–water partition coefficient (Wildman–Crippen LogP) is 4.17. The highest BCUT2D eigenvalue weighted by Crippen LogP contribution is 2.17. The molecular weight excluding hydrogens is 378 g/mol. The van der Waals surface area contributed by atoms with E-state index in [1.165, 1.54) is 76.7 Å². The average molecular weight is 426 g/mol. The summed E-state index contributed by atoms with van der Waals surface area (Å²) in [5, 5.41) is 21.5. The molecule has 30 heavy (non-hydrogen) atoms. The quantitative estimate of drug-likeness (QED) is 0.180. The third-order valence-corrected chi connectivity index (χ3v) is 5.37. The first-order chi connectivity index (χ1) is 14.1. The Kier molecular flexibility index (Phi) is 15.8. The molecule has 0 aromatic carbocycles. The zero-order chi connectivity index (χ0) is 22.9. The summed E-state index contributed by atoms with van der Waals surface area (Å²) in [6.45, 7) is 2.28. The fourth-order valence-electron chi connectivity index (χ4n) is 3.87. The lowest BCUT2D eigenvalue weighted by atomic mass is 9.92. The van der Waals surface area contributed by atoms with Gasteiger partial charge in [-0.25, -0.2) is 0 Å². The van der Waals surface area contributed by atoms with E-state index in [1.54, 1.807) is 6.08 Å². The Hall–Kier alpha value is -1.20. The molecule has 0 rings (SSSR count). The first kappa shape index (κ1) is 28.8. The van der Waals surface area contributed by atoms with Crippen LogP contribution in [0.5, 0.6) is 0 Å². The lowest BCUT2D eigenvalue weighted by Gasteiger charge is -2.34. The van der Waals surface area contributed by atoms with E-state index in [9.17, 15) is 19.8 Å². The first-order valence-electron chi connectivity index (χ1n) is 12.0. The number of allylic oxidation sites excluding steroid dienone is 1. The van der Waals surface area contributed by atoms with E-state index >= 15 is 0 Å². The smallest absolute Gasteiger partial charge is 0.193 e. The number of unbranched alkanes of at least 4 members (excludes halogenated alkanes) is 13. The summed E-state index contributed by atoms with van der Waals surface area (Å²) in [6.07, 6.45) is 20.1. The maximum atomic E-state index is 12.4. The van der Waals surface area contributed by atoms with Crippen LogP contribution in [0.3, 0.4) is 0 Å². The molecule has 176 valence electrons. The second-order valence-corrected chi connectivity index (χ2v) is 9.83. The van der Waals surface area contributed by atoms with Crippen molar-refractivity contribution in [1.29, 1.82) is 0 Å². The van der Waals surface area contributed by atoms with Crippen molar-refractivity contribution in [1.82, 2.24) is 0 Å². The van der Waals surface area contributed by atoms with Crippen LogP contribution in [-0.2, 0) is 9.59 Å². The Morgan fingerprint density at radius 2 is 1.27 bits per heavy atom. The van der Waals surface area contributed by atoms with Crippen LogP contribution in [0, 0.1) is 0 Å². The van der Waals surface area contributed by atoms with E-state index in [0.717, 1.165) is 19.3 Å². The number of aliphatic hydroxyl groups is 1. The standard InChI is InChI=1S/C25H47NO4/c1-5-6-7-8-9-10-11-12-13-14-15-16-17-18-19-20-23(27)25(30,21-24(28)29)22-26(2,3)4/h19-20,30H,5-18,21-22H2,1-4H3. The lowest BCUT2D eigenvalue weighted by Crippen LogP contribution is -2.55. The van der Waals surface area contributed by atoms with Crippen molar-refractivity contribution >= 4 is 11.8 Å². The van der Waals surface area contributed by atoms with E-state index in [2.05, 4.69) is 6.92 Å². The summed E-state index contributed by atoms with van der Waals surface area (Å²) >= 11 is 0. The van der Waals surface area contributed by atoms with Crippen LogP contribution >= 0.6 is 0 Å². The van der Waals surface area contributed by atoms with Crippen LogP contribution in [0.4, 0.5) is 0 Å². The number of ketones is 1. The first-order valence-corrected chi connectivity index (χ1v) is 12.0. The maximum Gasteiger partial charge on any atom is 0.193 e. The third-order valence-electron chi connectivity index (χ3n) is 5.37. The third kappa shape index (κ3) is 16.6. The number of carboxylic acids is 1. The molecule has 0 spiro atoms. The van der Waals surface area contributed by atoms with E-state index < -0.39 is 23.8 Å². The van der Waals surface area contributed by atoms with Crippen LogP contribution in [0.15, 0.2) is 12.2 Å². The van der Waals surface area contributed by atoms with E-state index in [0.29, 0.717) is 4.48 Å². The Balaban J connectivity index is 3.88.